The van der Waals surface area contributed by atoms with Gasteiger partial charge in [-0.3, -0.25) is 0 Å². The van der Waals surface area contributed by atoms with Crippen LogP contribution < -0.4 is 5.73 Å². The van der Waals surface area contributed by atoms with Gasteiger partial charge >= 0.3 is 0 Å². The van der Waals surface area contributed by atoms with Crippen molar-refractivity contribution < 1.29 is 0 Å². The van der Waals surface area contributed by atoms with Gasteiger partial charge in [0, 0.05) is 29.6 Å². The smallest absolute Gasteiger partial charge is 0 e. The van der Waals surface area contributed by atoms with Gasteiger partial charge in [-0.15, -0.1) is 0 Å². The van der Waals surface area contributed by atoms with E-state index in [1.807, 2.05) is 0 Å². The summed E-state index contributed by atoms with van der Waals surface area (Å²) >= 11 is 0. The minimum atomic E-state index is 0. The minimum absolute atomic E-state index is 0. The predicted octanol–water partition coefficient (Wildman–Crippen LogP) is 0.220. The van der Waals surface area contributed by atoms with E-state index >= 15 is 0 Å². The molecule has 1 radical (unpaired) electrons. The SMILES string of the molecule is CC(C)CN.[Na]. The first-order chi connectivity index (χ1) is 2.27. The summed E-state index contributed by atoms with van der Waals surface area (Å²) in [5.74, 6) is 0.662. The molecule has 0 bridgehead atoms. The summed E-state index contributed by atoms with van der Waals surface area (Å²) in [5, 5.41) is 0. The second-order valence-corrected chi connectivity index (χ2v) is 1.63. The second-order valence-electron chi connectivity index (χ2n) is 1.63. The molecule has 0 spiro atoms. The molecule has 2 N–H and O–H groups in total. The first-order valence-corrected chi connectivity index (χ1v) is 1.97. The number of hydrogen-bond acceptors (Lipinski definition) is 1. The fourth-order valence-corrected chi connectivity index (χ4v) is 0. The first-order valence-electron chi connectivity index (χ1n) is 1.97. The zero-order valence-electron chi connectivity index (χ0n) is 4.86. The molecule has 1 nitrogen and oxygen atoms in total. The summed E-state index contributed by atoms with van der Waals surface area (Å²) < 4.78 is 0. The van der Waals surface area contributed by atoms with Crippen LogP contribution in [0.1, 0.15) is 13.8 Å². The molecule has 0 aliphatic carbocycles. The summed E-state index contributed by atoms with van der Waals surface area (Å²) in [6.45, 7) is 5.00. The van der Waals surface area contributed by atoms with Crippen LogP contribution in [0.15, 0.2) is 0 Å². The van der Waals surface area contributed by atoms with E-state index in [0.717, 1.165) is 6.54 Å². The van der Waals surface area contributed by atoms with Gasteiger partial charge in [0.05, 0.1) is 0 Å². The predicted molar refractivity (Wildman–Crippen MR) is 29.6 cm³/mol. The third-order valence-electron chi connectivity index (χ3n) is 0.471. The van der Waals surface area contributed by atoms with Crippen LogP contribution in [-0.4, -0.2) is 36.1 Å². The van der Waals surface area contributed by atoms with E-state index in [2.05, 4.69) is 13.8 Å². The first kappa shape index (κ1) is 10.0. The summed E-state index contributed by atoms with van der Waals surface area (Å²) in [6, 6.07) is 0. The van der Waals surface area contributed by atoms with E-state index in [1.54, 1.807) is 0 Å². The average Bonchev–Trinajstić information content (AvgIpc) is 1.38. The molecular weight excluding hydrogens is 85.0 g/mol. The summed E-state index contributed by atoms with van der Waals surface area (Å²) in [6.07, 6.45) is 0. The average molecular weight is 96.1 g/mol. The van der Waals surface area contributed by atoms with Crippen LogP contribution in [0, 0.1) is 5.92 Å². The van der Waals surface area contributed by atoms with Gasteiger partial charge in [0.25, 0.3) is 0 Å². The Kier molecular flexibility index (Phi) is 9.98. The molecule has 0 aromatic rings. The Balaban J connectivity index is 0. The summed E-state index contributed by atoms with van der Waals surface area (Å²) in [5.41, 5.74) is 5.17. The Morgan fingerprint density at radius 2 is 1.67 bits per heavy atom. The molecule has 0 aliphatic rings. The molecule has 0 atom stereocenters. The van der Waals surface area contributed by atoms with E-state index in [9.17, 15) is 0 Å². The molecule has 2 heteroatoms. The molecule has 0 saturated carbocycles. The number of hydrogen-bond donors (Lipinski definition) is 1. The Morgan fingerprint density at radius 3 is 1.67 bits per heavy atom. The molecule has 0 aromatic carbocycles. The minimum Gasteiger partial charge on any atom is -0.330 e. The maximum absolute atomic E-state index is 5.17. The molecule has 0 rings (SSSR count). The van der Waals surface area contributed by atoms with Crippen molar-refractivity contribution in [2.75, 3.05) is 6.54 Å². The Labute approximate surface area is 61.6 Å². The second kappa shape index (κ2) is 5.96. The van der Waals surface area contributed by atoms with E-state index in [-0.39, 0.29) is 29.6 Å². The summed E-state index contributed by atoms with van der Waals surface area (Å²) in [4.78, 5) is 0. The topological polar surface area (TPSA) is 26.0 Å². The van der Waals surface area contributed by atoms with Gasteiger partial charge < -0.3 is 5.73 Å². The molecule has 0 aliphatic heterocycles. The molecule has 0 aromatic heterocycles. The van der Waals surface area contributed by atoms with Gasteiger partial charge in [-0.25, -0.2) is 0 Å². The molecule has 0 amide bonds. The van der Waals surface area contributed by atoms with E-state index in [0.29, 0.717) is 5.92 Å². The standard InChI is InChI=1S/C4H11N.Na/c1-4(2)3-5;/h4H,3,5H2,1-2H3;. The van der Waals surface area contributed by atoms with Crippen LogP contribution in [-0.2, 0) is 0 Å². The van der Waals surface area contributed by atoms with Crippen molar-refractivity contribution in [3.8, 4) is 0 Å². The van der Waals surface area contributed by atoms with Crippen molar-refractivity contribution >= 4 is 29.6 Å². The zero-order valence-corrected chi connectivity index (χ0v) is 6.86. The van der Waals surface area contributed by atoms with E-state index < -0.39 is 0 Å². The Bertz CT molecular complexity index is 21.5. The van der Waals surface area contributed by atoms with Gasteiger partial charge in [0.1, 0.15) is 0 Å². The largest absolute Gasteiger partial charge is 0.330 e. The molecule has 0 saturated heterocycles. The number of nitrogens with two attached hydrogens (primary N) is 1. The van der Waals surface area contributed by atoms with Crippen molar-refractivity contribution in [2.24, 2.45) is 11.7 Å². The van der Waals surface area contributed by atoms with Gasteiger partial charge in [-0.05, 0) is 12.5 Å². The van der Waals surface area contributed by atoms with Crippen LogP contribution in [0.4, 0.5) is 0 Å². The van der Waals surface area contributed by atoms with Gasteiger partial charge in [0.2, 0.25) is 0 Å². The fourth-order valence-electron chi connectivity index (χ4n) is 0. The summed E-state index contributed by atoms with van der Waals surface area (Å²) in [7, 11) is 0. The van der Waals surface area contributed by atoms with Crippen LogP contribution in [0.25, 0.3) is 0 Å². The Hall–Kier alpha value is 0.960. The van der Waals surface area contributed by atoms with Crippen LogP contribution >= 0.6 is 0 Å². The van der Waals surface area contributed by atoms with Crippen molar-refractivity contribution in [3.05, 3.63) is 0 Å². The maximum atomic E-state index is 5.17. The normalized spacial score (nSPS) is 8.00. The van der Waals surface area contributed by atoms with Crippen LogP contribution in [0.3, 0.4) is 0 Å². The maximum Gasteiger partial charge on any atom is 0 e. The number of rotatable bonds is 1. The quantitative estimate of drug-likeness (QED) is 0.464. The van der Waals surface area contributed by atoms with Crippen molar-refractivity contribution in [3.63, 3.8) is 0 Å². The van der Waals surface area contributed by atoms with Gasteiger partial charge in [-0.1, -0.05) is 13.8 Å². The van der Waals surface area contributed by atoms with E-state index in [1.165, 1.54) is 0 Å². The van der Waals surface area contributed by atoms with E-state index in [4.69, 9.17) is 5.73 Å². The van der Waals surface area contributed by atoms with Crippen LogP contribution in [0.5, 0.6) is 0 Å². The van der Waals surface area contributed by atoms with Crippen molar-refractivity contribution in [2.45, 2.75) is 13.8 Å². The molecule has 0 unspecified atom stereocenters. The molecular formula is C4H11NNa. The Morgan fingerprint density at radius 1 is 1.50 bits per heavy atom. The van der Waals surface area contributed by atoms with Gasteiger partial charge in [0.15, 0.2) is 0 Å². The molecule has 6 heavy (non-hydrogen) atoms. The van der Waals surface area contributed by atoms with Crippen molar-refractivity contribution in [1.29, 1.82) is 0 Å². The molecule has 33 valence electrons. The fraction of sp³-hybridized carbons (Fsp3) is 1.00. The zero-order chi connectivity index (χ0) is 4.28. The van der Waals surface area contributed by atoms with Crippen molar-refractivity contribution in [1.82, 2.24) is 0 Å². The van der Waals surface area contributed by atoms with Crippen LogP contribution in [0.2, 0.25) is 0 Å². The molecule has 0 heterocycles. The third kappa shape index (κ3) is 8.88. The monoisotopic (exact) mass is 96.1 g/mol. The third-order valence-corrected chi connectivity index (χ3v) is 0.471. The van der Waals surface area contributed by atoms with Gasteiger partial charge in [-0.2, -0.15) is 0 Å². The molecule has 0 fully saturated rings.